The Bertz CT molecular complexity index is 1030. The summed E-state index contributed by atoms with van der Waals surface area (Å²) in [6.45, 7) is 1.31. The molecule has 1 aromatic carbocycles. The fourth-order valence-electron chi connectivity index (χ4n) is 2.28. The summed E-state index contributed by atoms with van der Waals surface area (Å²) in [4.78, 5) is 27.8. The van der Waals surface area contributed by atoms with E-state index in [2.05, 4.69) is 10.3 Å². The average molecular weight is 331 g/mol. The Morgan fingerprint density at radius 2 is 2.00 bits per heavy atom. The predicted molar refractivity (Wildman–Crippen MR) is 92.7 cm³/mol. The minimum Gasteiger partial charge on any atom is -0.456 e. The van der Waals surface area contributed by atoms with Crippen molar-refractivity contribution >= 4 is 34.6 Å². The van der Waals surface area contributed by atoms with E-state index in [9.17, 15) is 9.59 Å². The Kier molecular flexibility index (Phi) is 4.40. The van der Waals surface area contributed by atoms with Gasteiger partial charge in [0.1, 0.15) is 23.2 Å². The Hall–Kier alpha value is -3.72. The third-order valence-corrected chi connectivity index (χ3v) is 3.52. The highest BCUT2D eigenvalue weighted by Gasteiger charge is 2.13. The second-order valence-corrected chi connectivity index (χ2v) is 5.27. The van der Waals surface area contributed by atoms with Crippen LogP contribution in [0, 0.1) is 11.3 Å². The molecule has 1 amide bonds. The third kappa shape index (κ3) is 3.46. The standard InChI is InChI=1S/C19H13N3O3/c1-12(23)14(11-20)9-15-10-16-17(25-15)7-8-21-18(16)22-19(24)13-5-3-2-4-6-13/h2-10H,1H3,(H,21,22,24)/b14-9+. The quantitative estimate of drug-likeness (QED) is 0.582. The van der Waals surface area contributed by atoms with Gasteiger partial charge in [-0.05, 0) is 31.2 Å². The van der Waals surface area contributed by atoms with Gasteiger partial charge in [-0.25, -0.2) is 4.98 Å². The van der Waals surface area contributed by atoms with Gasteiger partial charge in [-0.15, -0.1) is 0 Å². The zero-order valence-corrected chi connectivity index (χ0v) is 13.3. The fraction of sp³-hybridized carbons (Fsp3) is 0.0526. The van der Waals surface area contributed by atoms with Crippen molar-refractivity contribution in [3.63, 3.8) is 0 Å². The van der Waals surface area contributed by atoms with Crippen LogP contribution in [0.3, 0.4) is 0 Å². The first kappa shape index (κ1) is 16.1. The van der Waals surface area contributed by atoms with Crippen molar-refractivity contribution < 1.29 is 14.0 Å². The summed E-state index contributed by atoms with van der Waals surface area (Å²) in [6, 6.07) is 13.9. The van der Waals surface area contributed by atoms with Crippen molar-refractivity contribution in [2.75, 3.05) is 5.32 Å². The molecule has 0 spiro atoms. The molecule has 1 N–H and O–H groups in total. The van der Waals surface area contributed by atoms with Crippen LogP contribution in [0.25, 0.3) is 17.0 Å². The number of Topliss-reactive ketones (excluding diaryl/α,β-unsaturated/α-hetero) is 1. The van der Waals surface area contributed by atoms with E-state index in [4.69, 9.17) is 9.68 Å². The van der Waals surface area contributed by atoms with Crippen molar-refractivity contribution in [1.82, 2.24) is 4.98 Å². The van der Waals surface area contributed by atoms with Crippen LogP contribution in [-0.2, 0) is 4.79 Å². The zero-order valence-electron chi connectivity index (χ0n) is 13.3. The molecule has 0 saturated heterocycles. The normalized spacial score (nSPS) is 11.1. The first-order chi connectivity index (χ1) is 12.1. The average Bonchev–Trinajstić information content (AvgIpc) is 3.04. The van der Waals surface area contributed by atoms with E-state index in [1.54, 1.807) is 36.4 Å². The second-order valence-electron chi connectivity index (χ2n) is 5.27. The van der Waals surface area contributed by atoms with E-state index in [1.165, 1.54) is 19.2 Å². The molecule has 3 aromatic rings. The van der Waals surface area contributed by atoms with E-state index in [0.29, 0.717) is 28.1 Å². The maximum atomic E-state index is 12.3. The molecule has 6 heteroatoms. The van der Waals surface area contributed by atoms with Gasteiger partial charge >= 0.3 is 0 Å². The molecule has 0 saturated carbocycles. The number of fused-ring (bicyclic) bond motifs is 1. The van der Waals surface area contributed by atoms with Crippen LogP contribution in [0.5, 0.6) is 0 Å². The van der Waals surface area contributed by atoms with Gasteiger partial charge in [0.05, 0.1) is 11.0 Å². The van der Waals surface area contributed by atoms with Gasteiger partial charge in [-0.1, -0.05) is 18.2 Å². The molecule has 3 rings (SSSR count). The number of nitrogens with one attached hydrogen (secondary N) is 1. The van der Waals surface area contributed by atoms with Crippen molar-refractivity contribution in [2.24, 2.45) is 0 Å². The smallest absolute Gasteiger partial charge is 0.256 e. The van der Waals surface area contributed by atoms with E-state index in [0.717, 1.165) is 0 Å². The highest BCUT2D eigenvalue weighted by Crippen LogP contribution is 2.26. The van der Waals surface area contributed by atoms with E-state index in [1.807, 2.05) is 12.1 Å². The van der Waals surface area contributed by atoms with E-state index >= 15 is 0 Å². The lowest BCUT2D eigenvalue weighted by molar-refractivity contribution is -0.113. The molecule has 0 unspecified atom stereocenters. The van der Waals surface area contributed by atoms with Crippen molar-refractivity contribution in [3.8, 4) is 6.07 Å². The van der Waals surface area contributed by atoms with Gasteiger partial charge in [0.25, 0.3) is 5.91 Å². The molecule has 0 radical (unpaired) electrons. The number of anilines is 1. The van der Waals surface area contributed by atoms with Crippen LogP contribution >= 0.6 is 0 Å². The van der Waals surface area contributed by atoms with Crippen LogP contribution < -0.4 is 5.32 Å². The molecule has 25 heavy (non-hydrogen) atoms. The molecule has 0 aliphatic rings. The second kappa shape index (κ2) is 6.81. The topological polar surface area (TPSA) is 96.0 Å². The molecule has 0 aliphatic carbocycles. The molecule has 0 fully saturated rings. The molecule has 2 aromatic heterocycles. The number of carbonyl (C=O) groups is 2. The summed E-state index contributed by atoms with van der Waals surface area (Å²) < 4.78 is 5.61. The Morgan fingerprint density at radius 1 is 1.24 bits per heavy atom. The highest BCUT2D eigenvalue weighted by molar-refractivity contribution is 6.08. The summed E-state index contributed by atoms with van der Waals surface area (Å²) in [6.07, 6.45) is 2.88. The number of furan rings is 1. The largest absolute Gasteiger partial charge is 0.456 e. The molecule has 122 valence electrons. The number of hydrogen-bond acceptors (Lipinski definition) is 5. The van der Waals surface area contributed by atoms with Crippen LogP contribution in [0.1, 0.15) is 23.0 Å². The van der Waals surface area contributed by atoms with E-state index in [-0.39, 0.29) is 17.3 Å². The molecule has 0 bridgehead atoms. The minimum absolute atomic E-state index is 0.0121. The van der Waals surface area contributed by atoms with Gasteiger partial charge in [0.15, 0.2) is 5.78 Å². The van der Waals surface area contributed by atoms with Crippen molar-refractivity contribution in [2.45, 2.75) is 6.92 Å². The van der Waals surface area contributed by atoms with Crippen molar-refractivity contribution in [1.29, 1.82) is 5.26 Å². The van der Waals surface area contributed by atoms with Gasteiger partial charge in [0, 0.05) is 17.8 Å². The summed E-state index contributed by atoms with van der Waals surface area (Å²) in [5.41, 5.74) is 0.987. The molecular weight excluding hydrogens is 318 g/mol. The van der Waals surface area contributed by atoms with Crippen LogP contribution in [0.2, 0.25) is 0 Å². The lowest BCUT2D eigenvalue weighted by atomic mass is 10.1. The molecule has 0 aliphatic heterocycles. The SMILES string of the molecule is CC(=O)/C(C#N)=C/c1cc2c(NC(=O)c3ccccc3)nccc2o1. The number of aromatic nitrogens is 1. The molecule has 6 nitrogen and oxygen atoms in total. The van der Waals surface area contributed by atoms with Gasteiger partial charge in [0.2, 0.25) is 0 Å². The molecular formula is C19H13N3O3. The number of nitriles is 1. The number of amides is 1. The van der Waals surface area contributed by atoms with Crippen molar-refractivity contribution in [3.05, 3.63) is 65.6 Å². The lowest BCUT2D eigenvalue weighted by Gasteiger charge is -2.04. The number of nitrogens with zero attached hydrogens (tertiary/aromatic N) is 2. The maximum Gasteiger partial charge on any atom is 0.256 e. The number of benzene rings is 1. The van der Waals surface area contributed by atoms with Crippen LogP contribution in [0.15, 0.2) is 58.7 Å². The summed E-state index contributed by atoms with van der Waals surface area (Å²) >= 11 is 0. The van der Waals surface area contributed by atoms with Crippen LogP contribution in [0.4, 0.5) is 5.82 Å². The molecule has 0 atom stereocenters. The maximum absolute atomic E-state index is 12.3. The lowest BCUT2D eigenvalue weighted by Crippen LogP contribution is -2.12. The first-order valence-electron chi connectivity index (χ1n) is 7.46. The Morgan fingerprint density at radius 3 is 2.68 bits per heavy atom. The number of rotatable bonds is 4. The van der Waals surface area contributed by atoms with Gasteiger partial charge < -0.3 is 9.73 Å². The molecule has 2 heterocycles. The number of hydrogen-bond donors (Lipinski definition) is 1. The number of allylic oxidation sites excluding steroid dienone is 1. The summed E-state index contributed by atoms with van der Waals surface area (Å²) in [5.74, 6) is 0.0417. The minimum atomic E-state index is -0.348. The van der Waals surface area contributed by atoms with Gasteiger partial charge in [-0.2, -0.15) is 5.26 Å². The zero-order chi connectivity index (χ0) is 17.8. The number of ketones is 1. The Balaban J connectivity index is 1.97. The third-order valence-electron chi connectivity index (χ3n) is 3.52. The van der Waals surface area contributed by atoms with E-state index < -0.39 is 0 Å². The summed E-state index contributed by atoms with van der Waals surface area (Å²) in [5, 5.41) is 12.3. The fourth-order valence-corrected chi connectivity index (χ4v) is 2.28. The first-order valence-corrected chi connectivity index (χ1v) is 7.46. The number of pyridine rings is 1. The highest BCUT2D eigenvalue weighted by atomic mass is 16.3. The van der Waals surface area contributed by atoms with Crippen LogP contribution in [-0.4, -0.2) is 16.7 Å². The summed E-state index contributed by atoms with van der Waals surface area (Å²) in [7, 11) is 0. The van der Waals surface area contributed by atoms with Gasteiger partial charge in [-0.3, -0.25) is 9.59 Å². The number of carbonyl (C=O) groups excluding carboxylic acids is 2. The Labute approximate surface area is 143 Å². The monoisotopic (exact) mass is 331 g/mol. The predicted octanol–water partition coefficient (Wildman–Crippen LogP) is 3.58.